The number of nitrogens with one attached hydrogen (secondary N) is 1. The van der Waals surface area contributed by atoms with Gasteiger partial charge in [0.15, 0.2) is 0 Å². The molecule has 19 heavy (non-hydrogen) atoms. The van der Waals surface area contributed by atoms with Crippen LogP contribution in [-0.4, -0.2) is 24.4 Å². The Morgan fingerprint density at radius 3 is 3.00 bits per heavy atom. The number of aromatic nitrogens is 5. The summed E-state index contributed by atoms with van der Waals surface area (Å²) in [5.41, 5.74) is 5.77. The summed E-state index contributed by atoms with van der Waals surface area (Å²) in [5, 5.41) is 8.66. The van der Waals surface area contributed by atoms with Crippen LogP contribution < -0.4 is 11.3 Å². The fourth-order valence-corrected chi connectivity index (χ4v) is 2.16. The molecule has 0 spiro atoms. The Bertz CT molecular complexity index is 684. The van der Waals surface area contributed by atoms with Crippen molar-refractivity contribution in [2.24, 2.45) is 12.9 Å². The zero-order valence-corrected chi connectivity index (χ0v) is 10.6. The molecule has 7 heteroatoms. The molecule has 0 radical (unpaired) electrons. The number of aryl methyl sites for hydroxylation is 1. The molecule has 0 fully saturated rings. The second-order valence-electron chi connectivity index (χ2n) is 4.41. The standard InChI is InChI=1S/C12H15N7/c1-18-4-2-9(17-18)6-11(16-13)10-7-15-19-5-3-14-8-12(10)19/h2-5,7-8,11,16H,6,13H2,1H3. The van der Waals surface area contributed by atoms with Crippen molar-refractivity contribution >= 4 is 5.52 Å². The minimum atomic E-state index is -0.0448. The molecule has 3 rings (SSSR count). The van der Waals surface area contributed by atoms with Crippen LogP contribution in [0.2, 0.25) is 0 Å². The number of hydrazine groups is 1. The minimum absolute atomic E-state index is 0.0448. The Morgan fingerprint density at radius 1 is 1.37 bits per heavy atom. The molecule has 7 nitrogen and oxygen atoms in total. The molecule has 3 aromatic rings. The molecule has 3 heterocycles. The minimum Gasteiger partial charge on any atom is -0.276 e. The van der Waals surface area contributed by atoms with E-state index < -0.39 is 0 Å². The molecule has 0 saturated heterocycles. The van der Waals surface area contributed by atoms with E-state index in [0.29, 0.717) is 6.42 Å². The van der Waals surface area contributed by atoms with Gasteiger partial charge < -0.3 is 0 Å². The highest BCUT2D eigenvalue weighted by molar-refractivity contribution is 5.53. The van der Waals surface area contributed by atoms with Crippen molar-refractivity contribution in [3.8, 4) is 0 Å². The molecule has 3 aromatic heterocycles. The van der Waals surface area contributed by atoms with E-state index in [1.807, 2.05) is 31.7 Å². The zero-order valence-electron chi connectivity index (χ0n) is 10.6. The highest BCUT2D eigenvalue weighted by Crippen LogP contribution is 2.20. The van der Waals surface area contributed by atoms with Crippen molar-refractivity contribution in [1.29, 1.82) is 0 Å². The molecule has 1 atom stereocenters. The molecule has 0 aliphatic rings. The zero-order chi connectivity index (χ0) is 13.2. The van der Waals surface area contributed by atoms with E-state index in [1.54, 1.807) is 21.6 Å². The Kier molecular flexibility index (Phi) is 2.98. The van der Waals surface area contributed by atoms with E-state index in [-0.39, 0.29) is 6.04 Å². The number of nitrogens with zero attached hydrogens (tertiary/aromatic N) is 5. The van der Waals surface area contributed by atoms with Gasteiger partial charge in [0.05, 0.1) is 29.6 Å². The third-order valence-electron chi connectivity index (χ3n) is 3.11. The second kappa shape index (κ2) is 4.79. The van der Waals surface area contributed by atoms with Gasteiger partial charge in [-0.3, -0.25) is 20.9 Å². The molecule has 0 aliphatic carbocycles. The van der Waals surface area contributed by atoms with Crippen LogP contribution in [0.4, 0.5) is 0 Å². The van der Waals surface area contributed by atoms with E-state index in [2.05, 4.69) is 20.6 Å². The normalized spacial score (nSPS) is 12.9. The predicted octanol–water partition coefficient (Wildman–Crippen LogP) is 0.210. The van der Waals surface area contributed by atoms with Crippen molar-refractivity contribution in [2.45, 2.75) is 12.5 Å². The largest absolute Gasteiger partial charge is 0.276 e. The average Bonchev–Trinajstić information content (AvgIpc) is 3.02. The van der Waals surface area contributed by atoms with Gasteiger partial charge in [-0.05, 0) is 6.07 Å². The number of rotatable bonds is 4. The number of fused-ring (bicyclic) bond motifs is 1. The van der Waals surface area contributed by atoms with Crippen molar-refractivity contribution in [2.75, 3.05) is 0 Å². The van der Waals surface area contributed by atoms with Crippen LogP contribution in [0.3, 0.4) is 0 Å². The highest BCUT2D eigenvalue weighted by atomic mass is 15.3. The van der Waals surface area contributed by atoms with Crippen molar-refractivity contribution in [3.63, 3.8) is 0 Å². The number of hydrogen-bond donors (Lipinski definition) is 2. The molecule has 1 unspecified atom stereocenters. The van der Waals surface area contributed by atoms with Crippen LogP contribution in [0.1, 0.15) is 17.3 Å². The summed E-state index contributed by atoms with van der Waals surface area (Å²) >= 11 is 0. The first-order valence-corrected chi connectivity index (χ1v) is 6.00. The lowest BCUT2D eigenvalue weighted by atomic mass is 10.0. The van der Waals surface area contributed by atoms with Gasteiger partial charge in [0, 0.05) is 37.6 Å². The highest BCUT2D eigenvalue weighted by Gasteiger charge is 2.16. The summed E-state index contributed by atoms with van der Waals surface area (Å²) < 4.78 is 3.56. The van der Waals surface area contributed by atoms with E-state index in [0.717, 1.165) is 16.8 Å². The molecular weight excluding hydrogens is 242 g/mol. The Hall–Kier alpha value is -2.25. The molecular formula is C12H15N7. The maximum Gasteiger partial charge on any atom is 0.0893 e. The fraction of sp³-hybridized carbons (Fsp3) is 0.250. The number of hydrogen-bond acceptors (Lipinski definition) is 5. The first-order chi connectivity index (χ1) is 9.28. The van der Waals surface area contributed by atoms with Gasteiger partial charge in [-0.1, -0.05) is 0 Å². The second-order valence-corrected chi connectivity index (χ2v) is 4.41. The lowest BCUT2D eigenvalue weighted by molar-refractivity contribution is 0.544. The van der Waals surface area contributed by atoms with E-state index in [9.17, 15) is 0 Å². The van der Waals surface area contributed by atoms with Crippen LogP contribution >= 0.6 is 0 Å². The van der Waals surface area contributed by atoms with Crippen molar-refractivity contribution in [3.05, 3.63) is 48.3 Å². The molecule has 3 N–H and O–H groups in total. The lowest BCUT2D eigenvalue weighted by Gasteiger charge is -2.13. The van der Waals surface area contributed by atoms with E-state index in [1.165, 1.54) is 0 Å². The van der Waals surface area contributed by atoms with Gasteiger partial charge in [0.2, 0.25) is 0 Å². The predicted molar refractivity (Wildman–Crippen MR) is 70.0 cm³/mol. The Labute approximate surface area is 110 Å². The molecule has 0 bridgehead atoms. The number of nitrogens with two attached hydrogens (primary N) is 1. The fourth-order valence-electron chi connectivity index (χ4n) is 2.16. The SMILES string of the molecule is Cn1ccc(CC(NN)c2cnn3ccncc23)n1. The smallest absolute Gasteiger partial charge is 0.0893 e. The van der Waals surface area contributed by atoms with Gasteiger partial charge in [0.25, 0.3) is 0 Å². The molecule has 98 valence electrons. The first-order valence-electron chi connectivity index (χ1n) is 6.00. The Morgan fingerprint density at radius 2 is 2.26 bits per heavy atom. The average molecular weight is 257 g/mol. The van der Waals surface area contributed by atoms with Gasteiger partial charge in [0.1, 0.15) is 0 Å². The third-order valence-corrected chi connectivity index (χ3v) is 3.11. The first kappa shape index (κ1) is 11.8. The van der Waals surface area contributed by atoms with Crippen molar-refractivity contribution in [1.82, 2.24) is 29.8 Å². The lowest BCUT2D eigenvalue weighted by Crippen LogP contribution is -2.29. The summed E-state index contributed by atoms with van der Waals surface area (Å²) in [7, 11) is 1.90. The van der Waals surface area contributed by atoms with Gasteiger partial charge in [-0.25, -0.2) is 4.52 Å². The molecule has 0 amide bonds. The monoisotopic (exact) mass is 257 g/mol. The van der Waals surface area contributed by atoms with Gasteiger partial charge in [-0.2, -0.15) is 10.2 Å². The maximum absolute atomic E-state index is 5.67. The third kappa shape index (κ3) is 2.20. The molecule has 0 saturated carbocycles. The van der Waals surface area contributed by atoms with Crippen LogP contribution in [0.5, 0.6) is 0 Å². The summed E-state index contributed by atoms with van der Waals surface area (Å²) in [5.74, 6) is 5.67. The van der Waals surface area contributed by atoms with Crippen LogP contribution in [0.25, 0.3) is 5.52 Å². The molecule has 0 aliphatic heterocycles. The summed E-state index contributed by atoms with van der Waals surface area (Å²) in [4.78, 5) is 4.12. The van der Waals surface area contributed by atoms with Crippen LogP contribution in [0.15, 0.2) is 37.1 Å². The van der Waals surface area contributed by atoms with Gasteiger partial charge in [-0.15, -0.1) is 0 Å². The topological polar surface area (TPSA) is 86.1 Å². The van der Waals surface area contributed by atoms with E-state index in [4.69, 9.17) is 5.84 Å². The van der Waals surface area contributed by atoms with Gasteiger partial charge >= 0.3 is 0 Å². The van der Waals surface area contributed by atoms with E-state index >= 15 is 0 Å². The van der Waals surface area contributed by atoms with Crippen molar-refractivity contribution < 1.29 is 0 Å². The Balaban J connectivity index is 1.93. The van der Waals surface area contributed by atoms with Crippen LogP contribution in [0, 0.1) is 0 Å². The maximum atomic E-state index is 5.67. The quantitative estimate of drug-likeness (QED) is 0.515. The van der Waals surface area contributed by atoms with Crippen LogP contribution in [-0.2, 0) is 13.5 Å². The summed E-state index contributed by atoms with van der Waals surface area (Å²) in [6.07, 6.45) is 9.73. The summed E-state index contributed by atoms with van der Waals surface area (Å²) in [6, 6.07) is 1.94. The molecule has 0 aromatic carbocycles. The summed E-state index contributed by atoms with van der Waals surface area (Å²) in [6.45, 7) is 0.